The quantitative estimate of drug-likeness (QED) is 0.817. The predicted octanol–water partition coefficient (Wildman–Crippen LogP) is 3.00. The van der Waals surface area contributed by atoms with Crippen molar-refractivity contribution in [2.24, 2.45) is 5.92 Å². The number of fused-ring (bicyclic) bond motifs is 1. The third kappa shape index (κ3) is 4.26. The Bertz CT molecular complexity index is 705. The second kappa shape index (κ2) is 8.20. The number of carbonyl (C=O) groups is 3. The highest BCUT2D eigenvalue weighted by molar-refractivity contribution is 7.17. The van der Waals surface area contributed by atoms with Crippen LogP contribution in [0, 0.1) is 5.92 Å². The molecule has 2 amide bonds. The number of piperidine rings is 1. The maximum absolute atomic E-state index is 12.7. The molecule has 142 valence electrons. The van der Waals surface area contributed by atoms with Crippen molar-refractivity contribution in [1.82, 2.24) is 4.90 Å². The first-order valence-corrected chi connectivity index (χ1v) is 10.1. The number of ether oxygens (including phenoxy) is 1. The van der Waals surface area contributed by atoms with Gasteiger partial charge >= 0.3 is 5.97 Å². The van der Waals surface area contributed by atoms with E-state index >= 15 is 0 Å². The van der Waals surface area contributed by atoms with Gasteiger partial charge in [0.05, 0.1) is 5.56 Å². The molecule has 26 heavy (non-hydrogen) atoms. The lowest BCUT2D eigenvalue weighted by molar-refractivity contribution is -0.135. The maximum atomic E-state index is 12.7. The molecule has 6 nitrogen and oxygen atoms in total. The van der Waals surface area contributed by atoms with Gasteiger partial charge in [-0.15, -0.1) is 11.3 Å². The predicted molar refractivity (Wildman–Crippen MR) is 101 cm³/mol. The molecule has 1 saturated heterocycles. The van der Waals surface area contributed by atoms with Crippen molar-refractivity contribution in [2.75, 3.05) is 25.0 Å². The van der Waals surface area contributed by atoms with Crippen LogP contribution in [0.5, 0.6) is 0 Å². The van der Waals surface area contributed by atoms with Crippen LogP contribution in [-0.2, 0) is 27.2 Å². The van der Waals surface area contributed by atoms with Crippen LogP contribution < -0.4 is 5.32 Å². The third-order valence-electron chi connectivity index (χ3n) is 5.13. The Morgan fingerprint density at radius 2 is 1.88 bits per heavy atom. The van der Waals surface area contributed by atoms with Crippen LogP contribution in [0.3, 0.4) is 0 Å². The van der Waals surface area contributed by atoms with Crippen LogP contribution >= 0.6 is 11.3 Å². The molecular weight excluding hydrogens is 352 g/mol. The molecule has 0 bridgehead atoms. The average molecular weight is 378 g/mol. The van der Waals surface area contributed by atoms with E-state index in [9.17, 15) is 14.4 Å². The molecule has 1 aromatic rings. The second-order valence-corrected chi connectivity index (χ2v) is 8.34. The van der Waals surface area contributed by atoms with Gasteiger partial charge in [-0.2, -0.15) is 0 Å². The zero-order valence-corrected chi connectivity index (χ0v) is 16.2. The highest BCUT2D eigenvalue weighted by Gasteiger charge is 2.28. The van der Waals surface area contributed by atoms with Crippen molar-refractivity contribution in [3.8, 4) is 0 Å². The summed E-state index contributed by atoms with van der Waals surface area (Å²) in [5.41, 5.74) is 1.43. The fraction of sp³-hybridized carbons (Fsp3) is 0.632. The second-order valence-electron chi connectivity index (χ2n) is 7.24. The lowest BCUT2D eigenvalue weighted by Gasteiger charge is -2.30. The number of rotatable bonds is 4. The molecule has 0 aromatic carbocycles. The van der Waals surface area contributed by atoms with Gasteiger partial charge in [-0.25, -0.2) is 4.79 Å². The van der Waals surface area contributed by atoms with E-state index in [1.54, 1.807) is 4.90 Å². The summed E-state index contributed by atoms with van der Waals surface area (Å²) in [4.78, 5) is 39.4. The molecule has 0 radical (unpaired) electrons. The molecule has 0 atom stereocenters. The zero-order valence-electron chi connectivity index (χ0n) is 15.4. The Hall–Kier alpha value is -1.89. The Morgan fingerprint density at radius 1 is 1.19 bits per heavy atom. The van der Waals surface area contributed by atoms with E-state index in [-0.39, 0.29) is 18.4 Å². The lowest BCUT2D eigenvalue weighted by atomic mass is 9.95. The van der Waals surface area contributed by atoms with Gasteiger partial charge in [0.1, 0.15) is 5.00 Å². The van der Waals surface area contributed by atoms with E-state index < -0.39 is 5.97 Å². The summed E-state index contributed by atoms with van der Waals surface area (Å²) in [6.07, 6.45) is 5.83. The number of hydrogen-bond donors (Lipinski definition) is 1. The Balaban J connectivity index is 1.68. The summed E-state index contributed by atoms with van der Waals surface area (Å²) in [7, 11) is 0. The first-order chi connectivity index (χ1) is 12.5. The largest absolute Gasteiger partial charge is 0.452 e. The van der Waals surface area contributed by atoms with Gasteiger partial charge in [0.25, 0.3) is 5.91 Å². The fourth-order valence-electron chi connectivity index (χ4n) is 3.58. The molecule has 2 heterocycles. The van der Waals surface area contributed by atoms with Crippen LogP contribution in [0.1, 0.15) is 60.3 Å². The highest BCUT2D eigenvalue weighted by Crippen LogP contribution is 2.38. The van der Waals surface area contributed by atoms with Gasteiger partial charge in [0.15, 0.2) is 6.61 Å². The minimum atomic E-state index is -0.508. The first-order valence-electron chi connectivity index (χ1n) is 9.32. The van der Waals surface area contributed by atoms with E-state index in [1.165, 1.54) is 18.3 Å². The van der Waals surface area contributed by atoms with Crippen molar-refractivity contribution in [1.29, 1.82) is 0 Å². The van der Waals surface area contributed by atoms with Crippen molar-refractivity contribution in [3.63, 3.8) is 0 Å². The lowest BCUT2D eigenvalue weighted by Crippen LogP contribution is -2.40. The minimum absolute atomic E-state index is 0.143. The average Bonchev–Trinajstić information content (AvgIpc) is 2.97. The number of anilines is 1. The summed E-state index contributed by atoms with van der Waals surface area (Å²) < 4.78 is 5.34. The van der Waals surface area contributed by atoms with E-state index in [0.717, 1.165) is 62.1 Å². The molecule has 0 unspecified atom stereocenters. The van der Waals surface area contributed by atoms with Crippen LogP contribution in [0.15, 0.2) is 0 Å². The van der Waals surface area contributed by atoms with Crippen molar-refractivity contribution in [3.05, 3.63) is 16.0 Å². The Kier molecular flexibility index (Phi) is 5.96. The Labute approximate surface area is 157 Å². The number of carbonyl (C=O) groups excluding carboxylic acids is 3. The standard InChI is InChI=1S/C19H26N2O4S/c1-12-7-9-21(10-8-12)16(23)11-25-19(24)17-14-5-3-4-6-15(14)26-18(17)20-13(2)22/h12H,3-11H2,1-2H3,(H,20,22). The topological polar surface area (TPSA) is 75.7 Å². The van der Waals surface area contributed by atoms with Crippen LogP contribution in [0.2, 0.25) is 0 Å². The summed E-state index contributed by atoms with van der Waals surface area (Å²) in [6, 6.07) is 0. The van der Waals surface area contributed by atoms with E-state index in [0.29, 0.717) is 16.5 Å². The van der Waals surface area contributed by atoms with Crippen molar-refractivity contribution >= 4 is 34.1 Å². The van der Waals surface area contributed by atoms with Gasteiger partial charge in [-0.05, 0) is 50.0 Å². The normalized spacial score (nSPS) is 17.5. The molecule has 3 rings (SSSR count). The van der Waals surface area contributed by atoms with Crippen LogP contribution in [-0.4, -0.2) is 42.4 Å². The van der Waals surface area contributed by atoms with Crippen molar-refractivity contribution in [2.45, 2.75) is 52.4 Å². The third-order valence-corrected chi connectivity index (χ3v) is 6.34. The Morgan fingerprint density at radius 3 is 2.58 bits per heavy atom. The van der Waals surface area contributed by atoms with Gasteiger partial charge in [-0.1, -0.05) is 6.92 Å². The summed E-state index contributed by atoms with van der Waals surface area (Å²) in [5.74, 6) is -0.224. The minimum Gasteiger partial charge on any atom is -0.452 e. The molecule has 1 aliphatic carbocycles. The van der Waals surface area contributed by atoms with Crippen LogP contribution in [0.4, 0.5) is 5.00 Å². The molecule has 7 heteroatoms. The number of amides is 2. The number of esters is 1. The van der Waals surface area contributed by atoms with Gasteiger partial charge in [-0.3, -0.25) is 9.59 Å². The number of likely N-dealkylation sites (tertiary alicyclic amines) is 1. The van der Waals surface area contributed by atoms with Gasteiger partial charge in [0, 0.05) is 24.9 Å². The number of aryl methyl sites for hydroxylation is 1. The van der Waals surface area contributed by atoms with E-state index in [1.807, 2.05) is 0 Å². The first kappa shape index (κ1) is 18.9. The number of nitrogens with zero attached hydrogens (tertiary/aromatic N) is 1. The van der Waals surface area contributed by atoms with E-state index in [4.69, 9.17) is 4.74 Å². The summed E-state index contributed by atoms with van der Waals surface area (Å²) in [5, 5.41) is 3.30. The molecule has 2 aliphatic rings. The van der Waals surface area contributed by atoms with Gasteiger partial charge in [0.2, 0.25) is 5.91 Å². The van der Waals surface area contributed by atoms with Crippen LogP contribution in [0.25, 0.3) is 0 Å². The molecule has 1 fully saturated rings. The smallest absolute Gasteiger partial charge is 0.341 e. The maximum Gasteiger partial charge on any atom is 0.341 e. The molecule has 1 aromatic heterocycles. The molecule has 1 aliphatic heterocycles. The fourth-order valence-corrected chi connectivity index (χ4v) is 4.90. The number of nitrogens with one attached hydrogen (secondary N) is 1. The van der Waals surface area contributed by atoms with Gasteiger partial charge < -0.3 is 15.0 Å². The highest BCUT2D eigenvalue weighted by atomic mass is 32.1. The molecule has 0 saturated carbocycles. The van der Waals surface area contributed by atoms with Crippen molar-refractivity contribution < 1.29 is 19.1 Å². The number of thiophene rings is 1. The monoisotopic (exact) mass is 378 g/mol. The zero-order chi connectivity index (χ0) is 18.7. The van der Waals surface area contributed by atoms with E-state index in [2.05, 4.69) is 12.2 Å². The SMILES string of the molecule is CC(=O)Nc1sc2c(c1C(=O)OCC(=O)N1CCC(C)CC1)CCCC2. The summed E-state index contributed by atoms with van der Waals surface area (Å²) in [6.45, 7) is 4.82. The number of hydrogen-bond acceptors (Lipinski definition) is 5. The molecule has 1 N–H and O–H groups in total. The summed E-state index contributed by atoms with van der Waals surface area (Å²) >= 11 is 1.45. The molecule has 0 spiro atoms. The molecular formula is C19H26N2O4S.